The number of aromatic nitrogens is 3. The van der Waals surface area contributed by atoms with E-state index in [0.29, 0.717) is 16.9 Å². The lowest BCUT2D eigenvalue weighted by Crippen LogP contribution is -2.45. The Morgan fingerprint density at radius 2 is 2.15 bits per heavy atom. The zero-order valence-electron chi connectivity index (χ0n) is 11.5. The molecule has 1 saturated carbocycles. The highest BCUT2D eigenvalue weighted by atomic mass is 32.2. The van der Waals surface area contributed by atoms with Gasteiger partial charge in [0.25, 0.3) is 0 Å². The topological polar surface area (TPSA) is 87.9 Å². The van der Waals surface area contributed by atoms with Crippen molar-refractivity contribution in [3.05, 3.63) is 0 Å². The normalized spacial score (nSPS) is 26.3. The summed E-state index contributed by atoms with van der Waals surface area (Å²) in [6.45, 7) is 1.86. The summed E-state index contributed by atoms with van der Waals surface area (Å²) in [5.41, 5.74) is 5.46. The number of nitrogen functional groups attached to an aromatic ring is 1. The molecule has 3 rings (SSSR count). The van der Waals surface area contributed by atoms with Gasteiger partial charge < -0.3 is 10.6 Å². The molecule has 6 nitrogen and oxygen atoms in total. The van der Waals surface area contributed by atoms with E-state index >= 15 is 0 Å². The van der Waals surface area contributed by atoms with E-state index in [1.807, 2.05) is 4.90 Å². The zero-order valence-corrected chi connectivity index (χ0v) is 12.4. The van der Waals surface area contributed by atoms with Gasteiger partial charge in [-0.1, -0.05) is 31.0 Å². The van der Waals surface area contributed by atoms with Gasteiger partial charge in [0.15, 0.2) is 0 Å². The summed E-state index contributed by atoms with van der Waals surface area (Å²) in [7, 11) is 0. The van der Waals surface area contributed by atoms with E-state index in [0.717, 1.165) is 24.9 Å². The third-order valence-electron chi connectivity index (χ3n) is 4.45. The van der Waals surface area contributed by atoms with E-state index in [1.54, 1.807) is 0 Å². The van der Waals surface area contributed by atoms with E-state index in [9.17, 15) is 4.79 Å². The zero-order chi connectivity index (χ0) is 13.9. The van der Waals surface area contributed by atoms with Crippen LogP contribution in [-0.4, -0.2) is 44.8 Å². The van der Waals surface area contributed by atoms with Crippen molar-refractivity contribution < 1.29 is 4.79 Å². The molecule has 1 saturated heterocycles. The maximum Gasteiger partial charge on any atom is 0.233 e. The van der Waals surface area contributed by atoms with Gasteiger partial charge in [0.05, 0.1) is 5.75 Å². The van der Waals surface area contributed by atoms with E-state index in [2.05, 4.69) is 15.2 Å². The number of H-pyrrole nitrogens is 1. The van der Waals surface area contributed by atoms with Crippen LogP contribution in [0.4, 0.5) is 5.95 Å². The lowest BCUT2D eigenvalue weighted by Gasteiger charge is -2.41. The number of nitrogens with two attached hydrogens (primary N) is 1. The van der Waals surface area contributed by atoms with Crippen molar-refractivity contribution in [3.8, 4) is 0 Å². The largest absolute Gasteiger partial charge is 0.368 e. The molecule has 1 aliphatic heterocycles. The standard InChI is InChI=1S/C13H21N5OS/c14-12-15-13(17-16-12)20-8-11(19)18-6-5-9-3-1-2-4-10(9)7-18/h9-10H,1-8H2,(H3,14,15,16,17)/t9-,10+/m1/s1. The van der Waals surface area contributed by atoms with Gasteiger partial charge in [-0.2, -0.15) is 4.98 Å². The fourth-order valence-corrected chi connectivity index (χ4v) is 4.08. The molecule has 1 amide bonds. The van der Waals surface area contributed by atoms with Gasteiger partial charge in [-0.3, -0.25) is 4.79 Å². The molecule has 2 heterocycles. The molecular weight excluding hydrogens is 274 g/mol. The third-order valence-corrected chi connectivity index (χ3v) is 5.28. The Morgan fingerprint density at radius 1 is 1.35 bits per heavy atom. The number of thioether (sulfide) groups is 1. The lowest BCUT2D eigenvalue weighted by atomic mass is 9.75. The van der Waals surface area contributed by atoms with Gasteiger partial charge in [-0.05, 0) is 24.7 Å². The number of nitrogens with one attached hydrogen (secondary N) is 1. The first kappa shape index (κ1) is 13.7. The minimum absolute atomic E-state index is 0.197. The summed E-state index contributed by atoms with van der Waals surface area (Å²) in [6.07, 6.45) is 6.53. The van der Waals surface area contributed by atoms with E-state index in [1.165, 1.54) is 43.9 Å². The Kier molecular flexibility index (Phi) is 4.14. The van der Waals surface area contributed by atoms with Crippen LogP contribution in [0.3, 0.4) is 0 Å². The van der Waals surface area contributed by atoms with Crippen molar-refractivity contribution in [2.45, 2.75) is 37.3 Å². The average molecular weight is 295 g/mol. The molecule has 1 aliphatic carbocycles. The molecule has 0 radical (unpaired) electrons. The second-order valence-electron chi connectivity index (χ2n) is 5.72. The number of nitrogens with zero attached hydrogens (tertiary/aromatic N) is 3. The highest BCUT2D eigenvalue weighted by Gasteiger charge is 2.32. The first-order valence-corrected chi connectivity index (χ1v) is 8.29. The van der Waals surface area contributed by atoms with Crippen LogP contribution in [0.15, 0.2) is 5.16 Å². The highest BCUT2D eigenvalue weighted by Crippen LogP contribution is 2.36. The highest BCUT2D eigenvalue weighted by molar-refractivity contribution is 7.99. The van der Waals surface area contributed by atoms with Crippen molar-refractivity contribution >= 4 is 23.6 Å². The molecular formula is C13H21N5OS. The average Bonchev–Trinajstić information content (AvgIpc) is 2.90. The molecule has 3 N–H and O–H groups in total. The fourth-order valence-electron chi connectivity index (χ4n) is 3.37. The van der Waals surface area contributed by atoms with Crippen molar-refractivity contribution in [1.29, 1.82) is 0 Å². The van der Waals surface area contributed by atoms with Crippen molar-refractivity contribution in [3.63, 3.8) is 0 Å². The second kappa shape index (κ2) is 6.03. The first-order valence-electron chi connectivity index (χ1n) is 7.31. The minimum Gasteiger partial charge on any atom is -0.368 e. The molecule has 2 fully saturated rings. The minimum atomic E-state index is 0.197. The van der Waals surface area contributed by atoms with Crippen LogP contribution in [0.2, 0.25) is 0 Å². The van der Waals surface area contributed by atoms with Gasteiger partial charge in [0.1, 0.15) is 0 Å². The van der Waals surface area contributed by atoms with Crippen LogP contribution < -0.4 is 5.73 Å². The summed E-state index contributed by atoms with van der Waals surface area (Å²) < 4.78 is 0. The number of hydrogen-bond donors (Lipinski definition) is 2. The quantitative estimate of drug-likeness (QED) is 0.825. The van der Waals surface area contributed by atoms with Gasteiger partial charge in [0, 0.05) is 13.1 Å². The number of rotatable bonds is 3. The van der Waals surface area contributed by atoms with Crippen molar-refractivity contribution in [1.82, 2.24) is 20.1 Å². The number of hydrogen-bond acceptors (Lipinski definition) is 5. The van der Waals surface area contributed by atoms with E-state index in [4.69, 9.17) is 5.73 Å². The molecule has 20 heavy (non-hydrogen) atoms. The summed E-state index contributed by atoms with van der Waals surface area (Å²) >= 11 is 1.35. The molecule has 0 aromatic carbocycles. The monoisotopic (exact) mass is 295 g/mol. The molecule has 110 valence electrons. The number of likely N-dealkylation sites (tertiary alicyclic amines) is 1. The first-order chi connectivity index (χ1) is 9.72. The van der Waals surface area contributed by atoms with Gasteiger partial charge >= 0.3 is 0 Å². The molecule has 0 spiro atoms. The lowest BCUT2D eigenvalue weighted by molar-refractivity contribution is -0.131. The number of amides is 1. The summed E-state index contributed by atoms with van der Waals surface area (Å²) in [5, 5.41) is 7.05. The number of fused-ring (bicyclic) bond motifs is 1. The third kappa shape index (κ3) is 3.08. The second-order valence-corrected chi connectivity index (χ2v) is 6.67. The number of carbonyl (C=O) groups is 1. The fraction of sp³-hybridized carbons (Fsp3) is 0.769. The Morgan fingerprint density at radius 3 is 2.90 bits per heavy atom. The summed E-state index contributed by atoms with van der Waals surface area (Å²) in [4.78, 5) is 18.3. The van der Waals surface area contributed by atoms with Gasteiger partial charge in [-0.25, -0.2) is 5.10 Å². The molecule has 2 atom stereocenters. The predicted octanol–water partition coefficient (Wildman–Crippen LogP) is 1.52. The van der Waals surface area contributed by atoms with E-state index in [-0.39, 0.29) is 5.91 Å². The number of piperidine rings is 1. The number of anilines is 1. The molecule has 0 bridgehead atoms. The Labute approximate surface area is 122 Å². The van der Waals surface area contributed by atoms with Gasteiger partial charge in [-0.15, -0.1) is 5.10 Å². The van der Waals surface area contributed by atoms with Crippen LogP contribution in [0.25, 0.3) is 0 Å². The molecule has 1 aromatic rings. The van der Waals surface area contributed by atoms with Crippen LogP contribution in [0.1, 0.15) is 32.1 Å². The smallest absolute Gasteiger partial charge is 0.233 e. The number of aromatic amines is 1. The summed E-state index contributed by atoms with van der Waals surface area (Å²) in [6, 6.07) is 0. The van der Waals surface area contributed by atoms with Crippen LogP contribution >= 0.6 is 11.8 Å². The van der Waals surface area contributed by atoms with Crippen LogP contribution in [0, 0.1) is 11.8 Å². The van der Waals surface area contributed by atoms with Crippen LogP contribution in [0.5, 0.6) is 0 Å². The maximum absolute atomic E-state index is 12.3. The van der Waals surface area contributed by atoms with Gasteiger partial charge in [0.2, 0.25) is 17.0 Å². The molecule has 0 unspecified atom stereocenters. The van der Waals surface area contributed by atoms with E-state index < -0.39 is 0 Å². The molecule has 7 heteroatoms. The van der Waals surface area contributed by atoms with Crippen molar-refractivity contribution in [2.24, 2.45) is 11.8 Å². The Hall–Kier alpha value is -1.24. The van der Waals surface area contributed by atoms with Crippen molar-refractivity contribution in [2.75, 3.05) is 24.6 Å². The Balaban J connectivity index is 1.50. The predicted molar refractivity (Wildman–Crippen MR) is 78.2 cm³/mol. The maximum atomic E-state index is 12.3. The SMILES string of the molecule is Nc1nc(SCC(=O)N2CC[C@H]3CCCC[C@H]3C2)n[nH]1. The number of carbonyl (C=O) groups excluding carboxylic acids is 1. The summed E-state index contributed by atoms with van der Waals surface area (Å²) in [5.74, 6) is 2.47. The molecule has 2 aliphatic rings. The Bertz CT molecular complexity index is 477. The van der Waals surface area contributed by atoms with Crippen LogP contribution in [-0.2, 0) is 4.79 Å². The molecule has 1 aromatic heterocycles.